The summed E-state index contributed by atoms with van der Waals surface area (Å²) < 4.78 is 4.86. The van der Waals surface area contributed by atoms with E-state index in [1.54, 1.807) is 24.6 Å². The number of methoxy groups -OCH3 is 1. The van der Waals surface area contributed by atoms with E-state index in [1.807, 2.05) is 5.38 Å². The van der Waals surface area contributed by atoms with Gasteiger partial charge in [-0.05, 0) is 6.42 Å². The first-order chi connectivity index (χ1) is 7.74. The highest BCUT2D eigenvalue weighted by atomic mass is 32.1. The van der Waals surface area contributed by atoms with Crippen LogP contribution in [0.4, 0.5) is 0 Å². The second-order valence-corrected chi connectivity index (χ2v) is 4.33. The Morgan fingerprint density at radius 1 is 1.75 bits per heavy atom. The van der Waals surface area contributed by atoms with Gasteiger partial charge in [0, 0.05) is 38.3 Å². The molecule has 16 heavy (non-hydrogen) atoms. The molecule has 0 radical (unpaired) electrons. The lowest BCUT2D eigenvalue weighted by Gasteiger charge is -2.10. The highest BCUT2D eigenvalue weighted by Crippen LogP contribution is 2.03. The molecule has 0 spiro atoms. The maximum atomic E-state index is 11.5. The van der Waals surface area contributed by atoms with E-state index >= 15 is 0 Å². The molecule has 1 heterocycles. The number of hydrogen-bond acceptors (Lipinski definition) is 5. The molecule has 1 atom stereocenters. The maximum Gasteiger partial charge on any atom is 0.237 e. The van der Waals surface area contributed by atoms with Gasteiger partial charge >= 0.3 is 0 Å². The normalized spacial score (nSPS) is 12.4. The average Bonchev–Trinajstić information content (AvgIpc) is 2.78. The third-order valence-corrected chi connectivity index (χ3v) is 2.93. The van der Waals surface area contributed by atoms with Gasteiger partial charge in [-0.25, -0.2) is 4.98 Å². The third-order valence-electron chi connectivity index (χ3n) is 2.09. The summed E-state index contributed by atoms with van der Waals surface area (Å²) in [7, 11) is 1.59. The minimum Gasteiger partial charge on any atom is -0.385 e. The average molecular weight is 243 g/mol. The highest BCUT2D eigenvalue weighted by Gasteiger charge is 2.12. The molecule has 1 aromatic heterocycles. The zero-order valence-electron chi connectivity index (χ0n) is 9.31. The van der Waals surface area contributed by atoms with Crippen molar-refractivity contribution in [3.05, 3.63) is 16.6 Å². The van der Waals surface area contributed by atoms with Crippen LogP contribution in [0.3, 0.4) is 0 Å². The predicted octanol–water partition coefficient (Wildman–Crippen LogP) is 0.166. The van der Waals surface area contributed by atoms with E-state index in [0.717, 1.165) is 11.4 Å². The fourth-order valence-corrected chi connectivity index (χ4v) is 1.80. The van der Waals surface area contributed by atoms with Crippen LogP contribution in [-0.4, -0.2) is 37.2 Å². The first-order valence-corrected chi connectivity index (χ1v) is 6.02. The Hall–Kier alpha value is -0.980. The van der Waals surface area contributed by atoms with Crippen molar-refractivity contribution in [2.45, 2.75) is 18.9 Å². The monoisotopic (exact) mass is 243 g/mol. The molecule has 1 rings (SSSR count). The van der Waals surface area contributed by atoms with Gasteiger partial charge in [-0.3, -0.25) is 4.79 Å². The van der Waals surface area contributed by atoms with E-state index in [4.69, 9.17) is 10.5 Å². The molecular weight excluding hydrogens is 226 g/mol. The molecule has 0 aromatic carbocycles. The van der Waals surface area contributed by atoms with Crippen molar-refractivity contribution >= 4 is 17.2 Å². The van der Waals surface area contributed by atoms with Gasteiger partial charge in [-0.15, -0.1) is 11.3 Å². The van der Waals surface area contributed by atoms with Crippen molar-refractivity contribution in [2.24, 2.45) is 5.73 Å². The van der Waals surface area contributed by atoms with Crippen molar-refractivity contribution in [3.63, 3.8) is 0 Å². The molecule has 5 nitrogen and oxygen atoms in total. The van der Waals surface area contributed by atoms with Gasteiger partial charge in [0.05, 0.1) is 11.0 Å². The van der Waals surface area contributed by atoms with Crippen molar-refractivity contribution < 1.29 is 9.53 Å². The largest absolute Gasteiger partial charge is 0.385 e. The second-order valence-electron chi connectivity index (χ2n) is 3.35. The number of carbonyl (C=O) groups is 1. The minimum absolute atomic E-state index is 0.131. The summed E-state index contributed by atoms with van der Waals surface area (Å²) in [6.07, 6.45) is 3.05. The molecule has 0 aliphatic heterocycles. The van der Waals surface area contributed by atoms with Crippen LogP contribution in [0.5, 0.6) is 0 Å². The number of nitrogens with zero attached hydrogens (tertiary/aromatic N) is 1. The molecule has 6 heteroatoms. The first-order valence-electron chi connectivity index (χ1n) is 5.14. The maximum absolute atomic E-state index is 11.5. The SMILES string of the molecule is COCCC(N)C(=O)NCCc1nccs1. The van der Waals surface area contributed by atoms with Crippen LogP contribution in [0.2, 0.25) is 0 Å². The number of nitrogens with two attached hydrogens (primary N) is 1. The molecule has 0 aliphatic carbocycles. The Labute approximate surface area is 99.0 Å². The van der Waals surface area contributed by atoms with Gasteiger partial charge < -0.3 is 15.8 Å². The van der Waals surface area contributed by atoms with Gasteiger partial charge in [-0.2, -0.15) is 0 Å². The van der Waals surface area contributed by atoms with Crippen molar-refractivity contribution in [1.29, 1.82) is 0 Å². The zero-order chi connectivity index (χ0) is 11.8. The van der Waals surface area contributed by atoms with Crippen LogP contribution in [0.25, 0.3) is 0 Å². The summed E-state index contributed by atoms with van der Waals surface area (Å²) in [6, 6.07) is -0.490. The van der Waals surface area contributed by atoms with E-state index in [2.05, 4.69) is 10.3 Å². The molecule has 90 valence electrons. The summed E-state index contributed by atoms with van der Waals surface area (Å²) in [6.45, 7) is 1.08. The second kappa shape index (κ2) is 7.32. The molecule has 0 saturated carbocycles. The van der Waals surface area contributed by atoms with Gasteiger partial charge in [-0.1, -0.05) is 0 Å². The topological polar surface area (TPSA) is 77.2 Å². The fourth-order valence-electron chi connectivity index (χ4n) is 1.18. The number of ether oxygens (including phenoxy) is 1. The molecule has 0 aliphatic rings. The molecule has 1 aromatic rings. The summed E-state index contributed by atoms with van der Waals surface area (Å²) in [5.74, 6) is -0.131. The summed E-state index contributed by atoms with van der Waals surface area (Å²) >= 11 is 1.58. The van der Waals surface area contributed by atoms with Crippen LogP contribution >= 0.6 is 11.3 Å². The standard InChI is InChI=1S/C10H17N3O2S/c1-15-6-3-8(11)10(14)13-4-2-9-12-5-7-16-9/h5,7-8H,2-4,6,11H2,1H3,(H,13,14). The van der Waals surface area contributed by atoms with E-state index in [0.29, 0.717) is 19.6 Å². The number of carbonyl (C=O) groups excluding carboxylic acids is 1. The smallest absolute Gasteiger partial charge is 0.237 e. The fraction of sp³-hybridized carbons (Fsp3) is 0.600. The zero-order valence-corrected chi connectivity index (χ0v) is 10.1. The Balaban J connectivity index is 2.14. The number of aromatic nitrogens is 1. The quantitative estimate of drug-likeness (QED) is 0.715. The summed E-state index contributed by atoms with van der Waals surface area (Å²) in [5, 5.41) is 5.71. The van der Waals surface area contributed by atoms with Crippen LogP contribution < -0.4 is 11.1 Å². The van der Waals surface area contributed by atoms with E-state index in [1.165, 1.54) is 0 Å². The van der Waals surface area contributed by atoms with Gasteiger partial charge in [0.2, 0.25) is 5.91 Å². The number of nitrogens with one attached hydrogen (secondary N) is 1. The van der Waals surface area contributed by atoms with E-state index in [-0.39, 0.29) is 5.91 Å². The van der Waals surface area contributed by atoms with E-state index < -0.39 is 6.04 Å². The van der Waals surface area contributed by atoms with Gasteiger partial charge in [0.1, 0.15) is 0 Å². The molecule has 3 N–H and O–H groups in total. The van der Waals surface area contributed by atoms with Crippen LogP contribution in [0.1, 0.15) is 11.4 Å². The highest BCUT2D eigenvalue weighted by molar-refractivity contribution is 7.09. The Morgan fingerprint density at radius 3 is 3.19 bits per heavy atom. The third kappa shape index (κ3) is 4.69. The number of hydrogen-bond donors (Lipinski definition) is 2. The van der Waals surface area contributed by atoms with Crippen molar-refractivity contribution in [3.8, 4) is 0 Å². The summed E-state index contributed by atoms with van der Waals surface area (Å²) in [5.41, 5.74) is 5.66. The minimum atomic E-state index is -0.490. The lowest BCUT2D eigenvalue weighted by atomic mass is 10.2. The number of rotatable bonds is 7. The van der Waals surface area contributed by atoms with Crippen LogP contribution in [-0.2, 0) is 16.0 Å². The van der Waals surface area contributed by atoms with Crippen molar-refractivity contribution in [1.82, 2.24) is 10.3 Å². The lowest BCUT2D eigenvalue weighted by Crippen LogP contribution is -2.41. The Bertz CT molecular complexity index is 303. The van der Waals surface area contributed by atoms with Crippen molar-refractivity contribution in [2.75, 3.05) is 20.3 Å². The predicted molar refractivity (Wildman–Crippen MR) is 63.3 cm³/mol. The molecule has 0 bridgehead atoms. The Kier molecular flexibility index (Phi) is 5.99. The van der Waals surface area contributed by atoms with Crippen LogP contribution in [0, 0.1) is 0 Å². The lowest BCUT2D eigenvalue weighted by molar-refractivity contribution is -0.122. The van der Waals surface area contributed by atoms with Gasteiger partial charge in [0.15, 0.2) is 0 Å². The molecular formula is C10H17N3O2S. The summed E-state index contributed by atoms with van der Waals surface area (Å²) in [4.78, 5) is 15.6. The number of thiazole rings is 1. The van der Waals surface area contributed by atoms with Gasteiger partial charge in [0.25, 0.3) is 0 Å². The molecule has 1 unspecified atom stereocenters. The molecule has 0 saturated heterocycles. The molecule has 1 amide bonds. The van der Waals surface area contributed by atoms with E-state index in [9.17, 15) is 4.79 Å². The van der Waals surface area contributed by atoms with Crippen LogP contribution in [0.15, 0.2) is 11.6 Å². The first kappa shape index (κ1) is 13.1. The number of amides is 1. The molecule has 0 fully saturated rings. The Morgan fingerprint density at radius 2 is 2.56 bits per heavy atom.